The molecule has 6 nitrogen and oxygen atoms in total. The van der Waals surface area contributed by atoms with Crippen LogP contribution in [0.1, 0.15) is 40.1 Å². The Balaban J connectivity index is 1.78. The molecule has 2 heterocycles. The molecule has 2 N–H and O–H groups in total. The van der Waals surface area contributed by atoms with Gasteiger partial charge in [0.1, 0.15) is 5.58 Å². The van der Waals surface area contributed by atoms with Gasteiger partial charge in [0.2, 0.25) is 0 Å². The first-order valence-corrected chi connectivity index (χ1v) is 8.98. The van der Waals surface area contributed by atoms with E-state index >= 15 is 0 Å². The number of carboxylic acids is 1. The lowest BCUT2D eigenvalue weighted by molar-refractivity contribution is -0.144. The van der Waals surface area contributed by atoms with Gasteiger partial charge in [-0.05, 0) is 50.7 Å². The van der Waals surface area contributed by atoms with Crippen LogP contribution >= 0.6 is 0 Å². The Morgan fingerprint density at radius 1 is 1.19 bits per heavy atom. The van der Waals surface area contributed by atoms with E-state index in [0.717, 1.165) is 22.1 Å². The first-order valence-electron chi connectivity index (χ1n) is 8.98. The van der Waals surface area contributed by atoms with Crippen molar-refractivity contribution in [2.75, 3.05) is 19.8 Å². The minimum absolute atomic E-state index is 0.0165. The lowest BCUT2D eigenvalue weighted by atomic mass is 9.86. The molecule has 1 fully saturated rings. The standard InChI is InChI=1S/C20H25NO5/c1-11-4-5-12(2)17-16(11)13(3)18(26-17)19(22)21-10-15(20(23)24)14-6-8-25-9-7-14/h4-5,14-15H,6-10H2,1-3H3,(H,21,22)(H,23,24). The second-order valence-electron chi connectivity index (χ2n) is 7.06. The van der Waals surface area contributed by atoms with Crippen LogP contribution in [0.15, 0.2) is 16.5 Å². The Hall–Kier alpha value is -2.34. The maximum absolute atomic E-state index is 12.6. The molecular formula is C20H25NO5. The predicted octanol–water partition coefficient (Wildman–Crippen LogP) is 3.22. The fourth-order valence-corrected chi connectivity index (χ4v) is 3.75. The van der Waals surface area contributed by atoms with Crippen molar-refractivity contribution in [2.24, 2.45) is 11.8 Å². The Bertz CT molecular complexity index is 832. The molecule has 140 valence electrons. The molecule has 1 atom stereocenters. The summed E-state index contributed by atoms with van der Waals surface area (Å²) in [7, 11) is 0. The van der Waals surface area contributed by atoms with E-state index in [0.29, 0.717) is 31.6 Å². The molecule has 1 aliphatic rings. The number of benzene rings is 1. The molecule has 0 aliphatic carbocycles. The van der Waals surface area contributed by atoms with Crippen molar-refractivity contribution in [1.29, 1.82) is 0 Å². The summed E-state index contributed by atoms with van der Waals surface area (Å²) in [4.78, 5) is 24.3. The Labute approximate surface area is 152 Å². The van der Waals surface area contributed by atoms with Crippen LogP contribution in [0, 0.1) is 32.6 Å². The van der Waals surface area contributed by atoms with Gasteiger partial charge in [-0.1, -0.05) is 12.1 Å². The number of rotatable bonds is 5. The summed E-state index contributed by atoms with van der Waals surface area (Å²) < 4.78 is 11.1. The minimum Gasteiger partial charge on any atom is -0.481 e. The number of ether oxygens (including phenoxy) is 1. The topological polar surface area (TPSA) is 88.8 Å². The smallest absolute Gasteiger partial charge is 0.308 e. The van der Waals surface area contributed by atoms with Gasteiger partial charge in [0, 0.05) is 30.7 Å². The van der Waals surface area contributed by atoms with E-state index in [-0.39, 0.29) is 24.1 Å². The van der Waals surface area contributed by atoms with E-state index in [4.69, 9.17) is 9.15 Å². The molecule has 1 amide bonds. The van der Waals surface area contributed by atoms with Gasteiger partial charge in [0.05, 0.1) is 5.92 Å². The van der Waals surface area contributed by atoms with Crippen LogP contribution in [0.25, 0.3) is 11.0 Å². The van der Waals surface area contributed by atoms with Crippen LogP contribution in [0.5, 0.6) is 0 Å². The highest BCUT2D eigenvalue weighted by Gasteiger charge is 2.30. The van der Waals surface area contributed by atoms with Gasteiger partial charge < -0.3 is 19.6 Å². The largest absolute Gasteiger partial charge is 0.481 e. The normalized spacial score (nSPS) is 16.6. The van der Waals surface area contributed by atoms with Gasteiger partial charge in [0.15, 0.2) is 5.76 Å². The van der Waals surface area contributed by atoms with Crippen molar-refractivity contribution >= 4 is 22.8 Å². The summed E-state index contributed by atoms with van der Waals surface area (Å²) in [6.45, 7) is 7.02. The third kappa shape index (κ3) is 3.46. The van der Waals surface area contributed by atoms with Crippen molar-refractivity contribution in [3.8, 4) is 0 Å². The summed E-state index contributed by atoms with van der Waals surface area (Å²) in [5.74, 6) is -1.59. The Kier molecular flexibility index (Phi) is 5.32. The quantitative estimate of drug-likeness (QED) is 0.856. The Morgan fingerprint density at radius 2 is 1.85 bits per heavy atom. The highest BCUT2D eigenvalue weighted by molar-refractivity contribution is 6.00. The number of aryl methyl sites for hydroxylation is 3. The third-order valence-corrected chi connectivity index (χ3v) is 5.32. The van der Waals surface area contributed by atoms with E-state index in [1.54, 1.807) is 0 Å². The van der Waals surface area contributed by atoms with Crippen molar-refractivity contribution in [3.05, 3.63) is 34.6 Å². The summed E-state index contributed by atoms with van der Waals surface area (Å²) in [5.41, 5.74) is 3.53. The minimum atomic E-state index is -0.884. The van der Waals surface area contributed by atoms with Gasteiger partial charge >= 0.3 is 5.97 Å². The zero-order valence-electron chi connectivity index (χ0n) is 15.4. The predicted molar refractivity (Wildman–Crippen MR) is 97.4 cm³/mol. The van der Waals surface area contributed by atoms with Crippen LogP contribution in [-0.4, -0.2) is 36.7 Å². The highest BCUT2D eigenvalue weighted by atomic mass is 16.5. The van der Waals surface area contributed by atoms with Crippen molar-refractivity contribution in [1.82, 2.24) is 5.32 Å². The number of aliphatic carboxylic acids is 1. The van der Waals surface area contributed by atoms with Crippen LogP contribution in [0.4, 0.5) is 0 Å². The van der Waals surface area contributed by atoms with Crippen LogP contribution < -0.4 is 5.32 Å². The summed E-state index contributed by atoms with van der Waals surface area (Å²) >= 11 is 0. The van der Waals surface area contributed by atoms with E-state index in [1.165, 1.54) is 0 Å². The second-order valence-corrected chi connectivity index (χ2v) is 7.06. The number of carboxylic acid groups (broad SMARTS) is 1. The lowest BCUT2D eigenvalue weighted by Gasteiger charge is -2.27. The number of furan rings is 1. The average molecular weight is 359 g/mol. The third-order valence-electron chi connectivity index (χ3n) is 5.32. The second kappa shape index (κ2) is 7.50. The molecule has 1 aromatic carbocycles. The highest BCUT2D eigenvalue weighted by Crippen LogP contribution is 2.31. The van der Waals surface area contributed by atoms with E-state index in [2.05, 4.69) is 5.32 Å². The van der Waals surface area contributed by atoms with Gasteiger partial charge in [-0.25, -0.2) is 0 Å². The molecule has 0 saturated carbocycles. The fourth-order valence-electron chi connectivity index (χ4n) is 3.75. The van der Waals surface area contributed by atoms with Crippen LogP contribution in [-0.2, 0) is 9.53 Å². The number of carbonyl (C=O) groups excluding carboxylic acids is 1. The number of carbonyl (C=O) groups is 2. The number of hydrogen-bond acceptors (Lipinski definition) is 4. The first-order chi connectivity index (χ1) is 12.4. The maximum atomic E-state index is 12.6. The lowest BCUT2D eigenvalue weighted by Crippen LogP contribution is -2.39. The zero-order valence-corrected chi connectivity index (χ0v) is 15.4. The molecule has 26 heavy (non-hydrogen) atoms. The van der Waals surface area contributed by atoms with Crippen molar-refractivity contribution in [3.63, 3.8) is 0 Å². The molecule has 1 aliphatic heterocycles. The Morgan fingerprint density at radius 3 is 2.46 bits per heavy atom. The number of amides is 1. The average Bonchev–Trinajstić information content (AvgIpc) is 2.98. The van der Waals surface area contributed by atoms with Gasteiger partial charge in [-0.15, -0.1) is 0 Å². The SMILES string of the molecule is Cc1ccc(C)c2c(C)c(C(=O)NCC(C(=O)O)C3CCOCC3)oc12. The summed E-state index contributed by atoms with van der Waals surface area (Å²) in [6.07, 6.45) is 1.41. The molecule has 1 saturated heterocycles. The van der Waals surface area contributed by atoms with E-state index < -0.39 is 11.9 Å². The van der Waals surface area contributed by atoms with E-state index in [9.17, 15) is 14.7 Å². The maximum Gasteiger partial charge on any atom is 0.308 e. The number of fused-ring (bicyclic) bond motifs is 1. The number of hydrogen-bond donors (Lipinski definition) is 2. The molecule has 2 aromatic rings. The molecule has 0 bridgehead atoms. The van der Waals surface area contributed by atoms with E-state index in [1.807, 2.05) is 32.9 Å². The molecule has 1 unspecified atom stereocenters. The number of nitrogens with one attached hydrogen (secondary N) is 1. The van der Waals surface area contributed by atoms with Gasteiger partial charge in [0.25, 0.3) is 5.91 Å². The molecule has 1 aromatic heterocycles. The molecular weight excluding hydrogens is 334 g/mol. The first kappa shape index (κ1) is 18.5. The van der Waals surface area contributed by atoms with Crippen LogP contribution in [0.3, 0.4) is 0 Å². The monoisotopic (exact) mass is 359 g/mol. The van der Waals surface area contributed by atoms with Crippen molar-refractivity contribution in [2.45, 2.75) is 33.6 Å². The van der Waals surface area contributed by atoms with Gasteiger partial charge in [-0.3, -0.25) is 9.59 Å². The van der Waals surface area contributed by atoms with Crippen LogP contribution in [0.2, 0.25) is 0 Å². The molecule has 0 spiro atoms. The fraction of sp³-hybridized carbons (Fsp3) is 0.500. The molecule has 6 heteroatoms. The van der Waals surface area contributed by atoms with Gasteiger partial charge in [-0.2, -0.15) is 0 Å². The summed E-state index contributed by atoms with van der Waals surface area (Å²) in [5, 5.41) is 13.3. The summed E-state index contributed by atoms with van der Waals surface area (Å²) in [6, 6.07) is 3.97. The molecule has 3 rings (SSSR count). The van der Waals surface area contributed by atoms with Crippen molar-refractivity contribution < 1.29 is 23.8 Å². The zero-order chi connectivity index (χ0) is 18.8. The molecule has 0 radical (unpaired) electrons.